The molecule has 0 saturated carbocycles. The van der Waals surface area contributed by atoms with Crippen molar-refractivity contribution in [2.24, 2.45) is 5.73 Å². The number of piperidine rings is 1. The number of aromatic nitrogens is 4. The first-order valence-corrected chi connectivity index (χ1v) is 9.09. The summed E-state index contributed by atoms with van der Waals surface area (Å²) in [7, 11) is 0. The van der Waals surface area contributed by atoms with E-state index in [1.54, 1.807) is 12.5 Å². The number of alkyl halides is 3. The summed E-state index contributed by atoms with van der Waals surface area (Å²) in [5.41, 5.74) is 7.89. The van der Waals surface area contributed by atoms with E-state index in [0.717, 1.165) is 48.3 Å². The number of carboxylic acid groups (broad SMARTS) is 1. The topological polar surface area (TPSA) is 118 Å². The number of nitrogens with two attached hydrogens (primary N) is 1. The van der Waals surface area contributed by atoms with Crippen molar-refractivity contribution in [1.82, 2.24) is 19.9 Å². The molecule has 0 atom stereocenters. The second kappa shape index (κ2) is 8.99. The lowest BCUT2D eigenvalue weighted by Gasteiger charge is -2.30. The Labute approximate surface area is 169 Å². The average Bonchev–Trinajstić information content (AvgIpc) is 2.74. The lowest BCUT2D eigenvalue weighted by molar-refractivity contribution is -0.192. The Kier molecular flexibility index (Phi) is 6.40. The molecule has 1 saturated heterocycles. The lowest BCUT2D eigenvalue weighted by atomic mass is 10.1. The number of carboxylic acids is 1. The van der Waals surface area contributed by atoms with Crippen LogP contribution in [0.15, 0.2) is 42.9 Å². The largest absolute Gasteiger partial charge is 0.490 e. The first kappa shape index (κ1) is 21.4. The fraction of sp³-hybridized carbons (Fsp3) is 0.316. The number of aliphatic carboxylic acids is 1. The van der Waals surface area contributed by atoms with Crippen LogP contribution in [0, 0.1) is 0 Å². The van der Waals surface area contributed by atoms with Gasteiger partial charge in [0.1, 0.15) is 6.33 Å². The Morgan fingerprint density at radius 3 is 2.47 bits per heavy atom. The second-order valence-electron chi connectivity index (χ2n) is 6.61. The van der Waals surface area contributed by atoms with Crippen LogP contribution >= 0.6 is 0 Å². The van der Waals surface area contributed by atoms with Gasteiger partial charge in [-0.15, -0.1) is 0 Å². The zero-order valence-electron chi connectivity index (χ0n) is 15.8. The van der Waals surface area contributed by atoms with E-state index in [2.05, 4.69) is 24.8 Å². The predicted molar refractivity (Wildman–Crippen MR) is 104 cm³/mol. The molecule has 0 spiro atoms. The average molecular weight is 420 g/mol. The minimum atomic E-state index is -5.08. The standard InChI is InChI=1S/C17H18N6.C2HF3O2/c18-12-6-9-23(10-7-12)17-21-11-20-16(22-17)14-3-1-5-15-13(14)4-2-8-19-15;3-2(4,5)1(6)7/h1-5,8,11-12H,6-7,9-10,18H2;(H,6,7). The summed E-state index contributed by atoms with van der Waals surface area (Å²) < 4.78 is 31.7. The summed E-state index contributed by atoms with van der Waals surface area (Å²) in [6.45, 7) is 1.78. The molecule has 0 unspecified atom stereocenters. The van der Waals surface area contributed by atoms with Gasteiger partial charge in [0.05, 0.1) is 5.52 Å². The molecule has 3 aromatic rings. The van der Waals surface area contributed by atoms with Crippen LogP contribution in [-0.2, 0) is 4.79 Å². The van der Waals surface area contributed by atoms with Gasteiger partial charge >= 0.3 is 12.1 Å². The Morgan fingerprint density at radius 2 is 1.80 bits per heavy atom. The maximum Gasteiger partial charge on any atom is 0.490 e. The van der Waals surface area contributed by atoms with Crippen LogP contribution in [0.3, 0.4) is 0 Å². The summed E-state index contributed by atoms with van der Waals surface area (Å²) in [6.07, 6.45) is 0.238. The first-order valence-electron chi connectivity index (χ1n) is 9.09. The van der Waals surface area contributed by atoms with E-state index < -0.39 is 12.1 Å². The molecule has 1 aliphatic heterocycles. The molecule has 3 N–H and O–H groups in total. The molecule has 30 heavy (non-hydrogen) atoms. The number of hydrogen-bond donors (Lipinski definition) is 2. The minimum Gasteiger partial charge on any atom is -0.475 e. The highest BCUT2D eigenvalue weighted by molar-refractivity contribution is 5.92. The van der Waals surface area contributed by atoms with Crippen LogP contribution in [0.1, 0.15) is 12.8 Å². The Bertz CT molecular complexity index is 1020. The summed E-state index contributed by atoms with van der Waals surface area (Å²) >= 11 is 0. The predicted octanol–water partition coefficient (Wildman–Crippen LogP) is 2.65. The molecular weight excluding hydrogens is 401 g/mol. The first-order chi connectivity index (χ1) is 14.3. The molecule has 3 heterocycles. The molecule has 0 bridgehead atoms. The van der Waals surface area contributed by atoms with Gasteiger partial charge in [0, 0.05) is 36.3 Å². The van der Waals surface area contributed by atoms with E-state index in [9.17, 15) is 13.2 Å². The van der Waals surface area contributed by atoms with E-state index in [1.165, 1.54) is 0 Å². The third-order valence-electron chi connectivity index (χ3n) is 4.51. The number of fused-ring (bicyclic) bond motifs is 1. The highest BCUT2D eigenvalue weighted by atomic mass is 19.4. The third-order valence-corrected chi connectivity index (χ3v) is 4.51. The van der Waals surface area contributed by atoms with Crippen molar-refractivity contribution in [3.63, 3.8) is 0 Å². The van der Waals surface area contributed by atoms with Crippen LogP contribution in [0.4, 0.5) is 19.1 Å². The van der Waals surface area contributed by atoms with Gasteiger partial charge in [-0.3, -0.25) is 4.98 Å². The molecule has 0 radical (unpaired) electrons. The van der Waals surface area contributed by atoms with E-state index in [4.69, 9.17) is 15.6 Å². The van der Waals surface area contributed by atoms with Gasteiger partial charge in [-0.2, -0.15) is 18.2 Å². The van der Waals surface area contributed by atoms with Gasteiger partial charge in [-0.05, 0) is 25.0 Å². The Hall–Kier alpha value is -3.34. The van der Waals surface area contributed by atoms with Gasteiger partial charge < -0.3 is 15.7 Å². The molecule has 1 aromatic carbocycles. The number of carbonyl (C=O) groups is 1. The van der Waals surface area contributed by atoms with Crippen molar-refractivity contribution in [3.05, 3.63) is 42.9 Å². The number of hydrogen-bond acceptors (Lipinski definition) is 7. The fourth-order valence-electron chi connectivity index (χ4n) is 2.97. The Balaban J connectivity index is 0.000000318. The van der Waals surface area contributed by atoms with Crippen LogP contribution < -0.4 is 10.6 Å². The van der Waals surface area contributed by atoms with Crippen molar-refractivity contribution in [2.45, 2.75) is 25.1 Å². The van der Waals surface area contributed by atoms with E-state index in [-0.39, 0.29) is 6.04 Å². The molecule has 1 fully saturated rings. The van der Waals surface area contributed by atoms with Gasteiger partial charge in [0.15, 0.2) is 5.82 Å². The second-order valence-corrected chi connectivity index (χ2v) is 6.61. The number of anilines is 1. The quantitative estimate of drug-likeness (QED) is 0.650. The molecule has 1 aliphatic rings. The Morgan fingerprint density at radius 1 is 1.10 bits per heavy atom. The van der Waals surface area contributed by atoms with E-state index in [1.807, 2.05) is 30.3 Å². The highest BCUT2D eigenvalue weighted by Crippen LogP contribution is 2.26. The molecule has 0 aliphatic carbocycles. The number of benzene rings is 1. The maximum atomic E-state index is 10.6. The third kappa shape index (κ3) is 5.17. The monoisotopic (exact) mass is 420 g/mol. The van der Waals surface area contributed by atoms with E-state index >= 15 is 0 Å². The fourth-order valence-corrected chi connectivity index (χ4v) is 2.97. The van der Waals surface area contributed by atoms with Crippen LogP contribution in [0.5, 0.6) is 0 Å². The van der Waals surface area contributed by atoms with Crippen molar-refractivity contribution < 1.29 is 23.1 Å². The van der Waals surface area contributed by atoms with Crippen LogP contribution in [0.2, 0.25) is 0 Å². The highest BCUT2D eigenvalue weighted by Gasteiger charge is 2.38. The normalized spacial score (nSPS) is 14.9. The summed E-state index contributed by atoms with van der Waals surface area (Å²) in [5.74, 6) is -1.35. The zero-order valence-corrected chi connectivity index (χ0v) is 15.8. The summed E-state index contributed by atoms with van der Waals surface area (Å²) in [6, 6.07) is 10.3. The van der Waals surface area contributed by atoms with E-state index in [0.29, 0.717) is 5.82 Å². The molecule has 2 aromatic heterocycles. The molecule has 4 rings (SSSR count). The number of rotatable bonds is 2. The van der Waals surface area contributed by atoms with Crippen molar-refractivity contribution >= 4 is 22.8 Å². The molecule has 0 amide bonds. The van der Waals surface area contributed by atoms with Gasteiger partial charge in [0.2, 0.25) is 5.95 Å². The molecule has 158 valence electrons. The molecule has 11 heteroatoms. The summed E-state index contributed by atoms with van der Waals surface area (Å²) in [5, 5.41) is 8.17. The smallest absolute Gasteiger partial charge is 0.475 e. The van der Waals surface area contributed by atoms with Crippen LogP contribution in [-0.4, -0.2) is 56.3 Å². The van der Waals surface area contributed by atoms with Crippen molar-refractivity contribution in [2.75, 3.05) is 18.0 Å². The summed E-state index contributed by atoms with van der Waals surface area (Å²) in [4.78, 5) is 28.9. The van der Waals surface area contributed by atoms with Gasteiger partial charge in [-0.1, -0.05) is 18.2 Å². The maximum absolute atomic E-state index is 10.6. The zero-order chi connectivity index (χ0) is 21.7. The lowest BCUT2D eigenvalue weighted by Crippen LogP contribution is -2.40. The van der Waals surface area contributed by atoms with Crippen molar-refractivity contribution in [1.29, 1.82) is 0 Å². The van der Waals surface area contributed by atoms with Crippen LogP contribution in [0.25, 0.3) is 22.3 Å². The SMILES string of the molecule is NC1CCN(c2ncnc(-c3cccc4ncccc34)n2)CC1.O=C(O)C(F)(F)F. The number of halogens is 3. The minimum absolute atomic E-state index is 0.289. The van der Waals surface area contributed by atoms with Gasteiger partial charge in [-0.25, -0.2) is 14.8 Å². The number of nitrogens with zero attached hydrogens (tertiary/aromatic N) is 5. The molecular formula is C19H19F3N6O2. The number of pyridine rings is 1. The molecule has 8 nitrogen and oxygen atoms in total. The van der Waals surface area contributed by atoms with Crippen molar-refractivity contribution in [3.8, 4) is 11.4 Å². The van der Waals surface area contributed by atoms with Gasteiger partial charge in [0.25, 0.3) is 0 Å².